The van der Waals surface area contributed by atoms with Gasteiger partial charge in [0, 0.05) is 18.1 Å². The van der Waals surface area contributed by atoms with Gasteiger partial charge in [0.15, 0.2) is 0 Å². The molecule has 3 amide bonds. The zero-order valence-electron chi connectivity index (χ0n) is 24.0. The zero-order chi connectivity index (χ0) is 27.3. The lowest BCUT2D eigenvalue weighted by molar-refractivity contribution is 0.0881. The van der Waals surface area contributed by atoms with Crippen LogP contribution in [0.5, 0.6) is 0 Å². The van der Waals surface area contributed by atoms with Crippen LogP contribution in [0.2, 0.25) is 0 Å². The Labute approximate surface area is 235 Å². The molecule has 0 atom stereocenters. The number of benzene rings is 1. The minimum Gasteiger partial charge on any atom is -0.349 e. The zero-order valence-corrected chi connectivity index (χ0v) is 24.0. The molecule has 0 unspecified atom stereocenters. The van der Waals surface area contributed by atoms with Gasteiger partial charge in [-0.2, -0.15) is 0 Å². The van der Waals surface area contributed by atoms with Crippen molar-refractivity contribution in [3.05, 3.63) is 34.9 Å². The molecule has 0 bridgehead atoms. The van der Waals surface area contributed by atoms with Crippen LogP contribution in [0.3, 0.4) is 0 Å². The van der Waals surface area contributed by atoms with Crippen molar-refractivity contribution in [2.24, 2.45) is 0 Å². The Morgan fingerprint density at radius 2 is 0.718 bits per heavy atom. The number of hydrogen-bond donors (Lipinski definition) is 3. The Morgan fingerprint density at radius 1 is 0.436 bits per heavy atom. The third-order valence-electron chi connectivity index (χ3n) is 9.10. The SMILES string of the molecule is O=C(NC1CCCCCCC1)c1cccc(C(=O)NC2CCCCCCC2)c1C(=O)NC1CCCCCCC1. The van der Waals surface area contributed by atoms with Gasteiger partial charge in [-0.25, -0.2) is 0 Å². The smallest absolute Gasteiger partial charge is 0.253 e. The minimum atomic E-state index is -0.285. The predicted molar refractivity (Wildman–Crippen MR) is 157 cm³/mol. The first-order valence-electron chi connectivity index (χ1n) is 16.2. The lowest BCUT2D eigenvalue weighted by Crippen LogP contribution is -2.41. The van der Waals surface area contributed by atoms with Crippen LogP contribution >= 0.6 is 0 Å². The monoisotopic (exact) mass is 537 g/mol. The first kappa shape index (κ1) is 29.6. The molecule has 0 spiro atoms. The summed E-state index contributed by atoms with van der Waals surface area (Å²) in [4.78, 5) is 41.2. The topological polar surface area (TPSA) is 87.3 Å². The first-order chi connectivity index (χ1) is 19.1. The van der Waals surface area contributed by atoms with E-state index in [4.69, 9.17) is 0 Å². The lowest BCUT2D eigenvalue weighted by Gasteiger charge is -2.25. The molecule has 0 heterocycles. The molecule has 6 heteroatoms. The second-order valence-corrected chi connectivity index (χ2v) is 12.3. The summed E-state index contributed by atoms with van der Waals surface area (Å²) in [6.07, 6.45) is 23.5. The van der Waals surface area contributed by atoms with Crippen LogP contribution in [0.1, 0.15) is 166 Å². The fraction of sp³-hybridized carbons (Fsp3) is 0.727. The molecule has 3 saturated carbocycles. The molecule has 6 nitrogen and oxygen atoms in total. The Hall–Kier alpha value is -2.37. The van der Waals surface area contributed by atoms with Crippen molar-refractivity contribution in [2.75, 3.05) is 0 Å². The summed E-state index contributed by atoms with van der Waals surface area (Å²) in [5, 5.41) is 9.70. The maximum atomic E-state index is 13.9. The number of amides is 3. The van der Waals surface area contributed by atoms with Gasteiger partial charge < -0.3 is 16.0 Å². The van der Waals surface area contributed by atoms with Gasteiger partial charge in [-0.3, -0.25) is 14.4 Å². The maximum Gasteiger partial charge on any atom is 0.253 e. The van der Waals surface area contributed by atoms with Crippen LogP contribution in [0.4, 0.5) is 0 Å². The van der Waals surface area contributed by atoms with Crippen LogP contribution in [-0.2, 0) is 0 Å². The van der Waals surface area contributed by atoms with Gasteiger partial charge in [0.05, 0.1) is 16.7 Å². The van der Waals surface area contributed by atoms with Gasteiger partial charge >= 0.3 is 0 Å². The van der Waals surface area contributed by atoms with E-state index in [1.807, 2.05) is 0 Å². The predicted octanol–water partition coefficient (Wildman–Crippen LogP) is 7.21. The van der Waals surface area contributed by atoms with Crippen LogP contribution in [0.25, 0.3) is 0 Å². The summed E-state index contributed by atoms with van der Waals surface area (Å²) >= 11 is 0. The summed E-state index contributed by atoms with van der Waals surface area (Å²) in [7, 11) is 0. The van der Waals surface area contributed by atoms with E-state index in [-0.39, 0.29) is 41.4 Å². The molecule has 0 radical (unpaired) electrons. The minimum absolute atomic E-state index is 0.0843. The lowest BCUT2D eigenvalue weighted by atomic mass is 9.93. The second-order valence-electron chi connectivity index (χ2n) is 12.3. The Kier molecular flexibility index (Phi) is 12.2. The molecule has 0 aliphatic heterocycles. The van der Waals surface area contributed by atoms with Gasteiger partial charge in [-0.15, -0.1) is 0 Å². The summed E-state index contributed by atoms with van der Waals surface area (Å²) in [6, 6.07) is 5.52. The highest BCUT2D eigenvalue weighted by molar-refractivity contribution is 6.14. The Morgan fingerprint density at radius 3 is 1.05 bits per heavy atom. The van der Waals surface area contributed by atoms with Gasteiger partial charge in [0.25, 0.3) is 17.7 Å². The average Bonchev–Trinajstić information content (AvgIpc) is 2.88. The number of nitrogens with one attached hydrogen (secondary N) is 3. The largest absolute Gasteiger partial charge is 0.349 e. The number of hydrogen-bond acceptors (Lipinski definition) is 3. The molecule has 0 saturated heterocycles. The van der Waals surface area contributed by atoms with Crippen molar-refractivity contribution in [3.63, 3.8) is 0 Å². The third-order valence-corrected chi connectivity index (χ3v) is 9.10. The van der Waals surface area contributed by atoms with Crippen LogP contribution < -0.4 is 16.0 Å². The van der Waals surface area contributed by atoms with Gasteiger partial charge in [-0.05, 0) is 50.7 Å². The summed E-state index contributed by atoms with van der Waals surface area (Å²) in [5.41, 5.74) is 0.891. The molecule has 3 N–H and O–H groups in total. The molecule has 1 aromatic carbocycles. The van der Waals surface area contributed by atoms with E-state index < -0.39 is 0 Å². The van der Waals surface area contributed by atoms with E-state index in [0.29, 0.717) is 11.1 Å². The van der Waals surface area contributed by atoms with E-state index in [1.54, 1.807) is 18.2 Å². The fourth-order valence-corrected chi connectivity index (χ4v) is 6.76. The number of carbonyl (C=O) groups excluding carboxylic acids is 3. The fourth-order valence-electron chi connectivity index (χ4n) is 6.76. The molecular weight excluding hydrogens is 486 g/mol. The second kappa shape index (κ2) is 16.0. The maximum absolute atomic E-state index is 13.9. The third kappa shape index (κ3) is 9.36. The molecule has 3 aliphatic rings. The van der Waals surface area contributed by atoms with Crippen molar-refractivity contribution < 1.29 is 14.4 Å². The Bertz CT molecular complexity index is 868. The molecular formula is C33H51N3O3. The van der Waals surface area contributed by atoms with Crippen molar-refractivity contribution in [3.8, 4) is 0 Å². The first-order valence-corrected chi connectivity index (χ1v) is 16.2. The van der Waals surface area contributed by atoms with E-state index in [2.05, 4.69) is 16.0 Å². The van der Waals surface area contributed by atoms with Gasteiger partial charge in [0.1, 0.15) is 0 Å². The van der Waals surface area contributed by atoms with E-state index in [1.165, 1.54) is 57.8 Å². The quantitative estimate of drug-likeness (QED) is 0.358. The summed E-state index contributed by atoms with van der Waals surface area (Å²) < 4.78 is 0. The molecule has 216 valence electrons. The normalized spacial score (nSPS) is 21.2. The molecule has 3 fully saturated rings. The van der Waals surface area contributed by atoms with Gasteiger partial charge in [0.2, 0.25) is 0 Å². The van der Waals surface area contributed by atoms with Crippen LogP contribution in [0.15, 0.2) is 18.2 Å². The number of carbonyl (C=O) groups is 3. The highest BCUT2D eigenvalue weighted by Gasteiger charge is 2.28. The molecule has 0 aromatic heterocycles. The summed E-state index contributed by atoms with van der Waals surface area (Å²) in [6.45, 7) is 0. The molecule has 39 heavy (non-hydrogen) atoms. The van der Waals surface area contributed by atoms with E-state index in [0.717, 1.165) is 77.0 Å². The standard InChI is InChI=1S/C33H51N3O3/c37-31(34-25-17-10-4-1-5-11-18-25)28-23-16-24-29(32(38)35-26-19-12-6-2-7-13-20-26)30(28)33(39)36-27-21-14-8-3-9-15-22-27/h16,23-27H,1-15,17-22H2,(H,34,37)(H,35,38)(H,36,39). The number of rotatable bonds is 6. The molecule has 1 aromatic rings. The molecule has 3 aliphatic carbocycles. The van der Waals surface area contributed by atoms with Gasteiger partial charge in [-0.1, -0.05) is 102 Å². The van der Waals surface area contributed by atoms with Crippen molar-refractivity contribution >= 4 is 17.7 Å². The highest BCUT2D eigenvalue weighted by Crippen LogP contribution is 2.23. The highest BCUT2D eigenvalue weighted by atomic mass is 16.2. The van der Waals surface area contributed by atoms with E-state index >= 15 is 0 Å². The molecule has 4 rings (SSSR count). The van der Waals surface area contributed by atoms with Crippen molar-refractivity contribution in [1.29, 1.82) is 0 Å². The van der Waals surface area contributed by atoms with Crippen LogP contribution in [-0.4, -0.2) is 35.8 Å². The van der Waals surface area contributed by atoms with E-state index in [9.17, 15) is 14.4 Å². The summed E-state index contributed by atoms with van der Waals surface area (Å²) in [5.74, 6) is -0.750. The Balaban J connectivity index is 1.56. The van der Waals surface area contributed by atoms with Crippen LogP contribution in [0, 0.1) is 0 Å². The van der Waals surface area contributed by atoms with Crippen molar-refractivity contribution in [1.82, 2.24) is 16.0 Å². The van der Waals surface area contributed by atoms with Crippen molar-refractivity contribution in [2.45, 2.75) is 153 Å². The average molecular weight is 538 g/mol.